The molecule has 4 heteroatoms. The number of hydrogen-bond donors (Lipinski definition) is 1. The normalized spacial score (nSPS) is 18.5. The SMILES string of the molecule is CN(CCCC1CCCO1)c1ccccc1C(N)=S. The van der Waals surface area contributed by atoms with E-state index in [1.165, 1.54) is 12.8 Å². The number of rotatable bonds is 6. The smallest absolute Gasteiger partial charge is 0.106 e. The molecule has 1 aliphatic heterocycles. The van der Waals surface area contributed by atoms with Gasteiger partial charge in [0, 0.05) is 31.5 Å². The maximum atomic E-state index is 5.77. The Morgan fingerprint density at radius 3 is 2.95 bits per heavy atom. The standard InChI is InChI=1S/C15H22N2OS/c1-17(10-4-6-12-7-5-11-18-12)14-9-3-2-8-13(14)15(16)19/h2-3,8-9,12H,4-7,10-11H2,1H3,(H2,16,19). The fourth-order valence-electron chi connectivity index (χ4n) is 2.56. The first-order valence-corrected chi connectivity index (χ1v) is 7.31. The van der Waals surface area contributed by atoms with Crippen LogP contribution in [0.25, 0.3) is 0 Å². The highest BCUT2D eigenvalue weighted by Gasteiger charge is 2.15. The lowest BCUT2D eigenvalue weighted by molar-refractivity contribution is 0.103. The number of nitrogens with zero attached hydrogens (tertiary/aromatic N) is 1. The third kappa shape index (κ3) is 3.91. The molecule has 1 fully saturated rings. The summed E-state index contributed by atoms with van der Waals surface area (Å²) in [6.07, 6.45) is 5.17. The molecule has 1 heterocycles. The quantitative estimate of drug-likeness (QED) is 0.812. The van der Waals surface area contributed by atoms with Crippen molar-refractivity contribution in [3.8, 4) is 0 Å². The average molecular weight is 278 g/mol. The highest BCUT2D eigenvalue weighted by atomic mass is 32.1. The molecule has 0 amide bonds. The second kappa shape index (κ2) is 6.87. The van der Waals surface area contributed by atoms with Gasteiger partial charge in [0.2, 0.25) is 0 Å². The predicted octanol–water partition coefficient (Wildman–Crippen LogP) is 2.72. The van der Waals surface area contributed by atoms with Gasteiger partial charge in [0.15, 0.2) is 0 Å². The minimum absolute atomic E-state index is 0.460. The van der Waals surface area contributed by atoms with E-state index < -0.39 is 0 Å². The van der Waals surface area contributed by atoms with Gasteiger partial charge in [-0.15, -0.1) is 0 Å². The Morgan fingerprint density at radius 2 is 2.26 bits per heavy atom. The van der Waals surface area contributed by atoms with Crippen LogP contribution < -0.4 is 10.6 Å². The Labute approximate surface area is 120 Å². The summed E-state index contributed by atoms with van der Waals surface area (Å²) in [7, 11) is 2.09. The second-order valence-corrected chi connectivity index (χ2v) is 5.52. The number of para-hydroxylation sites is 1. The van der Waals surface area contributed by atoms with Crippen LogP contribution in [0.15, 0.2) is 24.3 Å². The summed E-state index contributed by atoms with van der Waals surface area (Å²) in [6, 6.07) is 8.04. The minimum atomic E-state index is 0.460. The van der Waals surface area contributed by atoms with Gasteiger partial charge >= 0.3 is 0 Å². The van der Waals surface area contributed by atoms with Gasteiger partial charge in [-0.2, -0.15) is 0 Å². The van der Waals surface area contributed by atoms with Gasteiger partial charge in [-0.25, -0.2) is 0 Å². The molecule has 0 radical (unpaired) electrons. The number of ether oxygens (including phenoxy) is 1. The molecular weight excluding hydrogens is 256 g/mol. The molecule has 0 aromatic heterocycles. The summed E-state index contributed by atoms with van der Waals surface area (Å²) in [5.74, 6) is 0. The van der Waals surface area contributed by atoms with Gasteiger partial charge in [-0.3, -0.25) is 0 Å². The molecule has 0 bridgehead atoms. The number of nitrogens with two attached hydrogens (primary N) is 1. The number of benzene rings is 1. The lowest BCUT2D eigenvalue weighted by atomic mass is 10.1. The average Bonchev–Trinajstić information content (AvgIpc) is 2.91. The van der Waals surface area contributed by atoms with Gasteiger partial charge < -0.3 is 15.4 Å². The number of thiocarbonyl (C=S) groups is 1. The summed E-state index contributed by atoms with van der Waals surface area (Å²) in [6.45, 7) is 1.93. The summed E-state index contributed by atoms with van der Waals surface area (Å²) in [5, 5.41) is 0. The minimum Gasteiger partial charge on any atom is -0.389 e. The van der Waals surface area contributed by atoms with Crippen LogP contribution in [0, 0.1) is 0 Å². The van der Waals surface area contributed by atoms with E-state index in [-0.39, 0.29) is 0 Å². The van der Waals surface area contributed by atoms with Crippen LogP contribution in [0.1, 0.15) is 31.2 Å². The van der Waals surface area contributed by atoms with E-state index in [4.69, 9.17) is 22.7 Å². The molecule has 0 aliphatic carbocycles. The summed E-state index contributed by atoms with van der Waals surface area (Å²) < 4.78 is 5.64. The highest BCUT2D eigenvalue weighted by molar-refractivity contribution is 7.80. The zero-order valence-electron chi connectivity index (χ0n) is 11.5. The molecule has 1 unspecified atom stereocenters. The molecule has 2 N–H and O–H groups in total. The van der Waals surface area contributed by atoms with Crippen LogP contribution in [-0.2, 0) is 4.74 Å². The molecular formula is C15H22N2OS. The molecule has 19 heavy (non-hydrogen) atoms. The van der Waals surface area contributed by atoms with Crippen molar-refractivity contribution in [2.24, 2.45) is 5.73 Å². The summed E-state index contributed by atoms with van der Waals surface area (Å²) in [4.78, 5) is 2.69. The van der Waals surface area contributed by atoms with E-state index in [2.05, 4.69) is 18.0 Å². The van der Waals surface area contributed by atoms with Gasteiger partial charge in [-0.1, -0.05) is 24.4 Å². The van der Waals surface area contributed by atoms with E-state index in [1.807, 2.05) is 18.2 Å². The Balaban J connectivity index is 1.88. The lowest BCUT2D eigenvalue weighted by Crippen LogP contribution is -2.23. The molecule has 2 rings (SSSR count). The number of hydrogen-bond acceptors (Lipinski definition) is 3. The third-order valence-electron chi connectivity index (χ3n) is 3.62. The first-order chi connectivity index (χ1) is 9.18. The Morgan fingerprint density at radius 1 is 1.47 bits per heavy atom. The molecule has 1 atom stereocenters. The zero-order valence-corrected chi connectivity index (χ0v) is 12.3. The van der Waals surface area contributed by atoms with Gasteiger partial charge in [-0.05, 0) is 37.8 Å². The Bertz CT molecular complexity index is 430. The molecule has 1 saturated heterocycles. The first kappa shape index (κ1) is 14.3. The van der Waals surface area contributed by atoms with Crippen LogP contribution in [-0.4, -0.2) is 31.3 Å². The second-order valence-electron chi connectivity index (χ2n) is 5.08. The maximum absolute atomic E-state index is 5.77. The monoisotopic (exact) mass is 278 g/mol. The van der Waals surface area contributed by atoms with Crippen LogP contribution in [0.5, 0.6) is 0 Å². The maximum Gasteiger partial charge on any atom is 0.106 e. The van der Waals surface area contributed by atoms with Crippen molar-refractivity contribution in [1.29, 1.82) is 0 Å². The highest BCUT2D eigenvalue weighted by Crippen LogP contribution is 2.21. The van der Waals surface area contributed by atoms with Gasteiger partial charge in [0.1, 0.15) is 4.99 Å². The lowest BCUT2D eigenvalue weighted by Gasteiger charge is -2.22. The van der Waals surface area contributed by atoms with Crippen LogP contribution in [0.4, 0.5) is 5.69 Å². The third-order valence-corrected chi connectivity index (χ3v) is 3.84. The van der Waals surface area contributed by atoms with Crippen LogP contribution in [0.3, 0.4) is 0 Å². The molecule has 0 spiro atoms. The molecule has 1 aromatic carbocycles. The van der Waals surface area contributed by atoms with Crippen LogP contribution >= 0.6 is 12.2 Å². The fourth-order valence-corrected chi connectivity index (χ4v) is 2.74. The van der Waals surface area contributed by atoms with Gasteiger partial charge in [0.05, 0.1) is 6.10 Å². The largest absolute Gasteiger partial charge is 0.389 e. The molecule has 0 saturated carbocycles. The van der Waals surface area contributed by atoms with Crippen molar-refractivity contribution in [2.45, 2.75) is 31.8 Å². The predicted molar refractivity (Wildman–Crippen MR) is 83.8 cm³/mol. The Kier molecular flexibility index (Phi) is 5.16. The Hall–Kier alpha value is -1.13. The fraction of sp³-hybridized carbons (Fsp3) is 0.533. The summed E-state index contributed by atoms with van der Waals surface area (Å²) >= 11 is 5.10. The van der Waals surface area contributed by atoms with Crippen LogP contribution in [0.2, 0.25) is 0 Å². The van der Waals surface area contributed by atoms with Gasteiger partial charge in [0.25, 0.3) is 0 Å². The van der Waals surface area contributed by atoms with E-state index in [1.54, 1.807) is 0 Å². The first-order valence-electron chi connectivity index (χ1n) is 6.90. The van der Waals surface area contributed by atoms with Crippen molar-refractivity contribution in [1.82, 2.24) is 0 Å². The van der Waals surface area contributed by atoms with Crippen molar-refractivity contribution in [3.05, 3.63) is 29.8 Å². The van der Waals surface area contributed by atoms with Crippen molar-refractivity contribution >= 4 is 22.9 Å². The molecule has 1 aromatic rings. The molecule has 3 nitrogen and oxygen atoms in total. The number of anilines is 1. The van der Waals surface area contributed by atoms with E-state index in [0.717, 1.165) is 37.2 Å². The molecule has 104 valence electrons. The van der Waals surface area contributed by atoms with E-state index in [0.29, 0.717) is 11.1 Å². The van der Waals surface area contributed by atoms with Crippen molar-refractivity contribution in [3.63, 3.8) is 0 Å². The van der Waals surface area contributed by atoms with E-state index >= 15 is 0 Å². The van der Waals surface area contributed by atoms with Crippen molar-refractivity contribution < 1.29 is 4.74 Å². The summed E-state index contributed by atoms with van der Waals surface area (Å²) in [5.41, 5.74) is 7.83. The van der Waals surface area contributed by atoms with Crippen molar-refractivity contribution in [2.75, 3.05) is 25.1 Å². The molecule has 1 aliphatic rings. The van der Waals surface area contributed by atoms with E-state index in [9.17, 15) is 0 Å². The topological polar surface area (TPSA) is 38.5 Å². The zero-order chi connectivity index (χ0) is 13.7.